The highest BCUT2D eigenvalue weighted by molar-refractivity contribution is 9.10. The molecule has 1 aliphatic rings. The van der Waals surface area contributed by atoms with E-state index >= 15 is 0 Å². The molecule has 1 aromatic rings. The maximum absolute atomic E-state index is 13.3. The van der Waals surface area contributed by atoms with E-state index in [2.05, 4.69) is 22.9 Å². The number of halogens is 3. The molecule has 1 fully saturated rings. The van der Waals surface area contributed by atoms with Crippen molar-refractivity contribution in [2.45, 2.75) is 57.2 Å². The van der Waals surface area contributed by atoms with E-state index in [0.29, 0.717) is 10.4 Å². The fourth-order valence-corrected chi connectivity index (χ4v) is 4.00. The Morgan fingerprint density at radius 2 is 2.00 bits per heavy atom. The van der Waals surface area contributed by atoms with Gasteiger partial charge < -0.3 is 0 Å². The molecular formula is C17H23BrClF. The molecule has 1 saturated carbocycles. The summed E-state index contributed by atoms with van der Waals surface area (Å²) >= 11 is 9.86. The molecule has 1 aliphatic carbocycles. The van der Waals surface area contributed by atoms with Crippen LogP contribution in [0.25, 0.3) is 0 Å². The van der Waals surface area contributed by atoms with E-state index in [9.17, 15) is 4.39 Å². The van der Waals surface area contributed by atoms with E-state index in [-0.39, 0.29) is 11.2 Å². The van der Waals surface area contributed by atoms with Crippen molar-refractivity contribution in [3.05, 3.63) is 34.1 Å². The minimum absolute atomic E-state index is 0.0130. The Kier molecular flexibility index (Phi) is 6.35. The maximum atomic E-state index is 13.3. The minimum atomic E-state index is -0.221. The molecule has 1 unspecified atom stereocenters. The minimum Gasteiger partial charge on any atom is -0.206 e. The summed E-state index contributed by atoms with van der Waals surface area (Å²) in [6, 6.07) is 5.15. The Morgan fingerprint density at radius 3 is 2.60 bits per heavy atom. The summed E-state index contributed by atoms with van der Waals surface area (Å²) in [5, 5.41) is 0.0130. The molecule has 0 aromatic heterocycles. The largest absolute Gasteiger partial charge is 0.206 e. The summed E-state index contributed by atoms with van der Waals surface area (Å²) in [6.45, 7) is 2.26. The zero-order chi connectivity index (χ0) is 14.5. The van der Waals surface area contributed by atoms with Crippen molar-refractivity contribution in [3.8, 4) is 0 Å². The molecule has 3 heteroatoms. The lowest BCUT2D eigenvalue weighted by Gasteiger charge is -2.31. The molecule has 0 spiro atoms. The first-order chi connectivity index (χ1) is 9.61. The zero-order valence-electron chi connectivity index (χ0n) is 12.0. The lowest BCUT2D eigenvalue weighted by molar-refractivity contribution is 0.254. The molecule has 0 N–H and O–H groups in total. The van der Waals surface area contributed by atoms with Gasteiger partial charge in [0.2, 0.25) is 0 Å². The summed E-state index contributed by atoms with van der Waals surface area (Å²) in [5.74, 6) is 1.21. The van der Waals surface area contributed by atoms with Crippen LogP contribution in [-0.2, 0) is 0 Å². The Labute approximate surface area is 135 Å². The van der Waals surface area contributed by atoms with Crippen LogP contribution in [0.2, 0.25) is 0 Å². The summed E-state index contributed by atoms with van der Waals surface area (Å²) in [7, 11) is 0. The Morgan fingerprint density at radius 1 is 1.30 bits per heavy atom. The average Bonchev–Trinajstić information content (AvgIpc) is 2.48. The van der Waals surface area contributed by atoms with E-state index < -0.39 is 0 Å². The van der Waals surface area contributed by atoms with Crippen molar-refractivity contribution in [2.24, 2.45) is 11.8 Å². The van der Waals surface area contributed by atoms with Gasteiger partial charge in [-0.25, -0.2) is 4.39 Å². The Hall–Kier alpha value is -0.0800. The summed E-state index contributed by atoms with van der Waals surface area (Å²) in [6.07, 6.45) is 9.03. The van der Waals surface area contributed by atoms with Crippen molar-refractivity contribution in [1.82, 2.24) is 0 Å². The molecule has 0 nitrogen and oxygen atoms in total. The van der Waals surface area contributed by atoms with Gasteiger partial charge in [-0.05, 0) is 58.3 Å². The molecule has 0 amide bonds. The Bertz CT molecular complexity index is 427. The number of hydrogen-bond acceptors (Lipinski definition) is 0. The molecule has 0 saturated heterocycles. The highest BCUT2D eigenvalue weighted by Gasteiger charge is 2.27. The molecule has 112 valence electrons. The van der Waals surface area contributed by atoms with Gasteiger partial charge in [0, 0.05) is 0 Å². The lowest BCUT2D eigenvalue weighted by atomic mass is 9.77. The van der Waals surface area contributed by atoms with Gasteiger partial charge in [0.05, 0.1) is 9.85 Å². The number of hydrogen-bond donors (Lipinski definition) is 0. The van der Waals surface area contributed by atoms with E-state index in [1.54, 1.807) is 0 Å². The predicted octanol–water partition coefficient (Wildman–Crippen LogP) is 6.86. The Balaban J connectivity index is 1.91. The second-order valence-corrected chi connectivity index (χ2v) is 7.32. The van der Waals surface area contributed by atoms with E-state index in [0.717, 1.165) is 11.5 Å². The molecule has 0 aliphatic heterocycles. The van der Waals surface area contributed by atoms with Gasteiger partial charge in [0.15, 0.2) is 0 Å². The summed E-state index contributed by atoms with van der Waals surface area (Å²) in [5.41, 5.74) is 1.04. The SMILES string of the molecule is CCCCC1CCC(C(Cl)c2ccc(F)c(Br)c2)CC1. The summed E-state index contributed by atoms with van der Waals surface area (Å²) < 4.78 is 13.8. The number of rotatable bonds is 5. The first kappa shape index (κ1) is 16.3. The van der Waals surface area contributed by atoms with Crippen LogP contribution >= 0.6 is 27.5 Å². The molecule has 20 heavy (non-hydrogen) atoms. The van der Waals surface area contributed by atoms with Gasteiger partial charge in [-0.2, -0.15) is 0 Å². The van der Waals surface area contributed by atoms with E-state index in [4.69, 9.17) is 11.6 Å². The van der Waals surface area contributed by atoms with E-state index in [1.165, 1.54) is 51.0 Å². The molecule has 0 radical (unpaired) electrons. The second-order valence-electron chi connectivity index (χ2n) is 6.00. The number of unbranched alkanes of at least 4 members (excludes halogenated alkanes) is 1. The van der Waals surface area contributed by atoms with Gasteiger partial charge >= 0.3 is 0 Å². The molecular weight excluding hydrogens is 339 g/mol. The van der Waals surface area contributed by atoms with Crippen molar-refractivity contribution >= 4 is 27.5 Å². The average molecular weight is 362 g/mol. The molecule has 2 rings (SSSR count). The normalized spacial score (nSPS) is 24.6. The smallest absolute Gasteiger partial charge is 0.137 e. The lowest BCUT2D eigenvalue weighted by Crippen LogP contribution is -2.18. The monoisotopic (exact) mass is 360 g/mol. The zero-order valence-corrected chi connectivity index (χ0v) is 14.4. The van der Waals surface area contributed by atoms with Gasteiger partial charge in [-0.15, -0.1) is 11.6 Å². The van der Waals surface area contributed by atoms with Crippen LogP contribution < -0.4 is 0 Å². The number of benzene rings is 1. The first-order valence-corrected chi connectivity index (χ1v) is 8.93. The van der Waals surface area contributed by atoms with Crippen molar-refractivity contribution in [3.63, 3.8) is 0 Å². The third kappa shape index (κ3) is 4.21. The van der Waals surface area contributed by atoms with Crippen LogP contribution in [0, 0.1) is 17.7 Å². The van der Waals surface area contributed by atoms with Gasteiger partial charge in [-0.3, -0.25) is 0 Å². The third-order valence-electron chi connectivity index (χ3n) is 4.53. The van der Waals surface area contributed by atoms with Gasteiger partial charge in [-0.1, -0.05) is 45.1 Å². The second kappa shape index (κ2) is 7.79. The van der Waals surface area contributed by atoms with Crippen molar-refractivity contribution < 1.29 is 4.39 Å². The maximum Gasteiger partial charge on any atom is 0.137 e. The van der Waals surface area contributed by atoms with Crippen molar-refractivity contribution in [1.29, 1.82) is 0 Å². The topological polar surface area (TPSA) is 0 Å². The predicted molar refractivity (Wildman–Crippen MR) is 87.7 cm³/mol. The quantitative estimate of drug-likeness (QED) is 0.502. The van der Waals surface area contributed by atoms with Crippen LogP contribution in [0.4, 0.5) is 4.39 Å². The van der Waals surface area contributed by atoms with Crippen LogP contribution in [0.3, 0.4) is 0 Å². The van der Waals surface area contributed by atoms with E-state index in [1.807, 2.05) is 12.1 Å². The third-order valence-corrected chi connectivity index (χ3v) is 5.75. The highest BCUT2D eigenvalue weighted by Crippen LogP contribution is 2.42. The van der Waals surface area contributed by atoms with Crippen LogP contribution in [0.1, 0.15) is 62.8 Å². The fourth-order valence-electron chi connectivity index (χ4n) is 3.22. The van der Waals surface area contributed by atoms with Crippen LogP contribution in [0.5, 0.6) is 0 Å². The summed E-state index contributed by atoms with van der Waals surface area (Å²) in [4.78, 5) is 0. The van der Waals surface area contributed by atoms with Gasteiger partial charge in [0.1, 0.15) is 5.82 Å². The van der Waals surface area contributed by atoms with Gasteiger partial charge in [0.25, 0.3) is 0 Å². The fraction of sp³-hybridized carbons (Fsp3) is 0.647. The standard InChI is InChI=1S/C17H23BrClF/c1-2-3-4-12-5-7-13(8-6-12)17(19)14-9-10-16(20)15(18)11-14/h9-13,17H,2-8H2,1H3. The highest BCUT2D eigenvalue weighted by atomic mass is 79.9. The van der Waals surface area contributed by atoms with Crippen LogP contribution in [0.15, 0.2) is 22.7 Å². The molecule has 1 aromatic carbocycles. The molecule has 0 bridgehead atoms. The van der Waals surface area contributed by atoms with Crippen LogP contribution in [-0.4, -0.2) is 0 Å². The number of alkyl halides is 1. The molecule has 1 atom stereocenters. The first-order valence-electron chi connectivity index (χ1n) is 7.70. The molecule has 0 heterocycles. The van der Waals surface area contributed by atoms with Crippen molar-refractivity contribution in [2.75, 3.05) is 0 Å².